The number of unbranched alkanes of at least 4 members (excludes halogenated alkanes) is 28. The van der Waals surface area contributed by atoms with E-state index in [1.54, 1.807) is 4.70 Å². The van der Waals surface area contributed by atoms with E-state index < -0.39 is 0 Å². The van der Waals surface area contributed by atoms with Gasteiger partial charge in [0.05, 0.1) is 0 Å². The van der Waals surface area contributed by atoms with Crippen LogP contribution in [0.2, 0.25) is 10.8 Å². The molecule has 0 aliphatic carbocycles. The number of aryl methyl sites for hydroxylation is 2. The molecular formula is C65H108N2Ni. The number of allylic oxidation sites excluding steroid dienone is 2. The molecule has 0 atom stereocenters. The van der Waals surface area contributed by atoms with Crippen LogP contribution in [0.1, 0.15) is 301 Å². The van der Waals surface area contributed by atoms with Gasteiger partial charge in [-0.15, -0.1) is 11.8 Å². The molecule has 0 bridgehead atoms. The number of rotatable bonds is 42. The van der Waals surface area contributed by atoms with Gasteiger partial charge in [0.15, 0.2) is 0 Å². The third-order valence-electron chi connectivity index (χ3n) is 13.9. The Morgan fingerprint density at radius 3 is 1.32 bits per heavy atom. The fourth-order valence-electron chi connectivity index (χ4n) is 9.58. The average molecular weight is 976 g/mol. The van der Waals surface area contributed by atoms with Crippen molar-refractivity contribution in [1.29, 1.82) is 0 Å². The minimum absolute atomic E-state index is 0.938. The first-order valence-electron chi connectivity index (χ1n) is 29.6. The molecule has 0 N–H and O–H groups in total. The van der Waals surface area contributed by atoms with E-state index in [0.29, 0.717) is 0 Å². The van der Waals surface area contributed by atoms with Gasteiger partial charge in [-0.1, -0.05) is 174 Å². The molecule has 2 aromatic rings. The van der Waals surface area contributed by atoms with Crippen molar-refractivity contribution in [3.8, 4) is 11.8 Å². The third-order valence-corrected chi connectivity index (χ3v) is 15.3. The van der Waals surface area contributed by atoms with Crippen LogP contribution >= 0.6 is 0 Å². The van der Waals surface area contributed by atoms with Crippen LogP contribution in [0.25, 0.3) is 16.9 Å². The van der Waals surface area contributed by atoms with E-state index in [-0.39, 0.29) is 0 Å². The molecule has 2 aromatic carbocycles. The molecule has 3 rings (SSSR count). The quantitative estimate of drug-likeness (QED) is 0.0274. The first-order chi connectivity index (χ1) is 33.6. The van der Waals surface area contributed by atoms with Crippen molar-refractivity contribution in [2.24, 2.45) is 0 Å². The summed E-state index contributed by atoms with van der Waals surface area (Å²) < 4.78 is 1.57. The van der Waals surface area contributed by atoms with Crippen LogP contribution in [-0.2, 0) is 27.3 Å². The molecule has 0 radical (unpaired) electrons. The van der Waals surface area contributed by atoms with Gasteiger partial charge in [0, 0.05) is 35.1 Å². The van der Waals surface area contributed by atoms with E-state index >= 15 is 0 Å². The van der Waals surface area contributed by atoms with Gasteiger partial charge in [0.25, 0.3) is 0 Å². The first kappa shape index (κ1) is 61.7. The van der Waals surface area contributed by atoms with Crippen LogP contribution in [0.4, 0.5) is 0 Å². The molecule has 2 nitrogen and oxygen atoms in total. The summed E-state index contributed by atoms with van der Waals surface area (Å²) in [6.07, 6.45) is 50.8. The molecule has 0 fully saturated rings. The Morgan fingerprint density at radius 1 is 0.382 bits per heavy atom. The zero-order valence-corrected chi connectivity index (χ0v) is 46.8. The van der Waals surface area contributed by atoms with Crippen molar-refractivity contribution in [2.45, 2.75) is 303 Å². The second kappa shape index (κ2) is 44.5. The molecular weight excluding hydrogens is 867 g/mol. The van der Waals surface area contributed by atoms with E-state index in [0.717, 1.165) is 81.2 Å². The van der Waals surface area contributed by atoms with Crippen molar-refractivity contribution in [3.05, 3.63) is 87.5 Å². The molecule has 68 heavy (non-hydrogen) atoms. The Balaban J connectivity index is 0.000000904. The van der Waals surface area contributed by atoms with Gasteiger partial charge in [0.2, 0.25) is 11.4 Å². The molecule has 3 heteroatoms. The van der Waals surface area contributed by atoms with Gasteiger partial charge in [0.1, 0.15) is 0 Å². The molecule has 1 aliphatic rings. The molecule has 1 aliphatic heterocycles. The Hall–Kier alpha value is -2.43. The average Bonchev–Trinajstić information content (AvgIpc) is 3.63. The summed E-state index contributed by atoms with van der Waals surface area (Å²) in [5, 5.41) is 2.84. The van der Waals surface area contributed by atoms with Gasteiger partial charge in [-0.25, -0.2) is 4.70 Å². The van der Waals surface area contributed by atoms with Crippen LogP contribution in [0.15, 0.2) is 59.7 Å². The summed E-state index contributed by atoms with van der Waals surface area (Å²) in [7, 11) is 0. The summed E-state index contributed by atoms with van der Waals surface area (Å²) in [6, 6.07) is 17.8. The fourth-order valence-corrected chi connectivity index (χ4v) is 10.8. The second-order valence-corrected chi connectivity index (χ2v) is 21.7. The number of hydrogen-bond acceptors (Lipinski definition) is 0. The van der Waals surface area contributed by atoms with E-state index in [1.165, 1.54) is 225 Å². The maximum absolute atomic E-state index is 12.1. The van der Waals surface area contributed by atoms with Crippen LogP contribution in [0, 0.1) is 11.8 Å². The van der Waals surface area contributed by atoms with Gasteiger partial charge in [-0.05, 0) is 87.1 Å². The summed E-state index contributed by atoms with van der Waals surface area (Å²) in [6.45, 7) is 13.7. The Labute approximate surface area is 430 Å². The van der Waals surface area contributed by atoms with Crippen LogP contribution < -0.4 is 0 Å². The Bertz CT molecular complexity index is 1620. The Kier molecular flexibility index (Phi) is 40.4. The van der Waals surface area contributed by atoms with Crippen molar-refractivity contribution in [1.82, 2.24) is 0 Å². The van der Waals surface area contributed by atoms with E-state index in [4.69, 9.17) is 0 Å². The fraction of sp³-hybridized carbons (Fsp3) is 0.723. The molecule has 0 saturated heterocycles. The Morgan fingerprint density at radius 2 is 0.794 bits per heavy atom. The van der Waals surface area contributed by atoms with Crippen LogP contribution in [0.3, 0.4) is 0 Å². The molecule has 0 aromatic heterocycles. The zero-order chi connectivity index (χ0) is 49.0. The van der Waals surface area contributed by atoms with Crippen LogP contribution in [-0.4, -0.2) is 4.70 Å². The van der Waals surface area contributed by atoms with Crippen molar-refractivity contribution < 1.29 is 19.1 Å². The number of nitrogens with zero attached hydrogens (tertiary/aromatic N) is 2. The molecule has 0 amide bonds. The van der Waals surface area contributed by atoms with E-state index in [2.05, 4.69) is 102 Å². The van der Waals surface area contributed by atoms with Crippen molar-refractivity contribution >= 4 is 11.4 Å². The van der Waals surface area contributed by atoms with Gasteiger partial charge in [-0.3, -0.25) is 0 Å². The topological polar surface area (TPSA) is 25.3 Å². The zero-order valence-electron chi connectivity index (χ0n) is 45.8. The third kappa shape index (κ3) is 28.4. The predicted octanol–water partition coefficient (Wildman–Crippen LogP) is 22.4. The normalized spacial score (nSPS) is 12.5. The first-order valence-corrected chi connectivity index (χ1v) is 31.0. The molecule has 1 heterocycles. The maximum atomic E-state index is 12.1. The summed E-state index contributed by atoms with van der Waals surface area (Å²) in [5.41, 5.74) is 21.9. The van der Waals surface area contributed by atoms with E-state index in [1.807, 2.05) is 14.4 Å². The number of hydrogen-bond donors (Lipinski definition) is 0. The van der Waals surface area contributed by atoms with E-state index in [9.17, 15) is 5.53 Å². The monoisotopic (exact) mass is 975 g/mol. The van der Waals surface area contributed by atoms with Crippen molar-refractivity contribution in [2.75, 3.05) is 0 Å². The molecule has 0 unspecified atom stereocenters. The summed E-state index contributed by atoms with van der Waals surface area (Å²) >= 11 is 2.00. The van der Waals surface area contributed by atoms with Gasteiger partial charge < -0.3 is 5.53 Å². The van der Waals surface area contributed by atoms with Gasteiger partial charge in [-0.2, -0.15) is 0 Å². The standard InChI is InChI=1S/C51H78N2.2C7H15.Ni/c1-5-9-13-14-15-16-17-18-19-20-21-22-23-24-25-26-27-28-29-31-35-45-36-32-33-38-47(45)51-49(39-30-10-6-2)48(37-12-8-4)50(53(51)52)46-42-40-44(41-43-46)34-11-7-3;2*1-3-5-7-6-4-2;/h32-33,36,38,40-43H,5-26,29-31,34-35,37,39H2,1-4H3;2*1,3-7H2,2H3;. The van der Waals surface area contributed by atoms with Crippen molar-refractivity contribution in [3.63, 3.8) is 0 Å². The summed E-state index contributed by atoms with van der Waals surface area (Å²) in [4.78, 5) is 0. The minimum atomic E-state index is 0.938. The SMILES string of the molecule is CCCCCCCCCCCCCCCCCC#CCCCc1ccccc1C1=C(CCCCC)C(CCCC)=C(c2ccc(CCCC)cc2)[N+]1=[N-].CCCCCC[CH2][Ni][CH2]CCCCCC. The predicted molar refractivity (Wildman–Crippen MR) is 300 cm³/mol. The van der Waals surface area contributed by atoms with Gasteiger partial charge >= 0.3 is 103 Å². The molecule has 0 spiro atoms. The molecule has 388 valence electrons. The van der Waals surface area contributed by atoms with Crippen LogP contribution in [0.5, 0.6) is 0 Å². The molecule has 0 saturated carbocycles. The number of benzene rings is 2. The second-order valence-electron chi connectivity index (χ2n) is 20.2. The summed E-state index contributed by atoms with van der Waals surface area (Å²) in [5.74, 6) is 6.97.